The summed E-state index contributed by atoms with van der Waals surface area (Å²) in [6.45, 7) is 0.689. The third-order valence-corrected chi connectivity index (χ3v) is 5.13. The number of aromatic nitrogens is 2. The highest BCUT2D eigenvalue weighted by atomic mass is 35.5. The first-order valence-electron chi connectivity index (χ1n) is 9.16. The minimum atomic E-state index is -0.189. The van der Waals surface area contributed by atoms with E-state index < -0.39 is 0 Å². The minimum absolute atomic E-state index is 0.0511. The van der Waals surface area contributed by atoms with Gasteiger partial charge in [0.1, 0.15) is 11.8 Å². The number of hydrogen-bond donors (Lipinski definition) is 0. The summed E-state index contributed by atoms with van der Waals surface area (Å²) in [6.07, 6.45) is 2.05. The number of amides is 1. The average Bonchev–Trinajstić information content (AvgIpc) is 3.38. The van der Waals surface area contributed by atoms with Crippen LogP contribution in [0.5, 0.6) is 5.75 Å². The number of nitrogens with zero attached hydrogens (tertiary/aromatic N) is 3. The van der Waals surface area contributed by atoms with Gasteiger partial charge in [-0.05, 0) is 42.7 Å². The van der Waals surface area contributed by atoms with Gasteiger partial charge in [-0.2, -0.15) is 4.98 Å². The molecule has 0 radical (unpaired) electrons. The molecule has 1 atom stereocenters. The van der Waals surface area contributed by atoms with Gasteiger partial charge in [-0.1, -0.05) is 41.0 Å². The number of carbonyl (C=O) groups excluding carboxylic acids is 1. The van der Waals surface area contributed by atoms with Crippen molar-refractivity contribution in [2.45, 2.75) is 25.3 Å². The molecule has 1 unspecified atom stereocenters. The van der Waals surface area contributed by atoms with Gasteiger partial charge >= 0.3 is 0 Å². The van der Waals surface area contributed by atoms with Gasteiger partial charge in [-0.25, -0.2) is 0 Å². The molecule has 1 aliphatic heterocycles. The quantitative estimate of drug-likeness (QED) is 0.641. The molecule has 1 fully saturated rings. The zero-order valence-electron chi connectivity index (χ0n) is 15.5. The third kappa shape index (κ3) is 3.87. The van der Waals surface area contributed by atoms with Crippen molar-refractivity contribution in [3.8, 4) is 17.1 Å². The molecule has 2 aromatic carbocycles. The predicted octanol–water partition coefficient (Wildman–Crippen LogP) is 4.30. The highest BCUT2D eigenvalue weighted by molar-refractivity contribution is 6.30. The maximum Gasteiger partial charge on any atom is 0.249 e. The van der Waals surface area contributed by atoms with Gasteiger partial charge in [-0.15, -0.1) is 0 Å². The van der Waals surface area contributed by atoms with E-state index in [1.807, 2.05) is 41.3 Å². The topological polar surface area (TPSA) is 68.5 Å². The second kappa shape index (κ2) is 8.02. The van der Waals surface area contributed by atoms with Crippen LogP contribution < -0.4 is 4.74 Å². The Morgan fingerprint density at radius 2 is 2.11 bits per heavy atom. The normalized spacial score (nSPS) is 16.4. The highest BCUT2D eigenvalue weighted by Crippen LogP contribution is 2.33. The number of rotatable bonds is 5. The Labute approximate surface area is 168 Å². The number of carbonyl (C=O) groups is 1. The number of ether oxygens (including phenoxy) is 1. The van der Waals surface area contributed by atoms with Crippen LogP contribution in [0.25, 0.3) is 11.4 Å². The molecular weight excluding hydrogens is 378 g/mol. The van der Waals surface area contributed by atoms with Gasteiger partial charge in [0.2, 0.25) is 17.6 Å². The van der Waals surface area contributed by atoms with E-state index in [2.05, 4.69) is 10.1 Å². The Bertz CT molecular complexity index is 971. The van der Waals surface area contributed by atoms with Crippen LogP contribution in [0.2, 0.25) is 5.02 Å². The van der Waals surface area contributed by atoms with E-state index in [1.54, 1.807) is 19.2 Å². The highest BCUT2D eigenvalue weighted by Gasteiger charge is 2.34. The summed E-state index contributed by atoms with van der Waals surface area (Å²) in [7, 11) is 1.62. The molecule has 0 aliphatic carbocycles. The molecule has 3 aromatic rings. The summed E-state index contributed by atoms with van der Waals surface area (Å²) in [5, 5.41) is 4.68. The van der Waals surface area contributed by atoms with Gasteiger partial charge in [0, 0.05) is 17.1 Å². The Morgan fingerprint density at radius 1 is 1.29 bits per heavy atom. The number of hydrogen-bond acceptors (Lipinski definition) is 5. The van der Waals surface area contributed by atoms with E-state index in [-0.39, 0.29) is 11.9 Å². The maximum absolute atomic E-state index is 12.9. The summed E-state index contributed by atoms with van der Waals surface area (Å²) in [6, 6.07) is 14.7. The molecule has 1 amide bonds. The molecule has 7 heteroatoms. The molecule has 1 saturated heterocycles. The Morgan fingerprint density at radius 3 is 2.86 bits per heavy atom. The van der Waals surface area contributed by atoms with Gasteiger partial charge in [0.05, 0.1) is 13.5 Å². The Kier molecular flexibility index (Phi) is 5.30. The van der Waals surface area contributed by atoms with Crippen molar-refractivity contribution in [3.05, 3.63) is 65.0 Å². The van der Waals surface area contributed by atoms with Crippen LogP contribution in [-0.2, 0) is 11.2 Å². The molecule has 4 rings (SSSR count). The fourth-order valence-electron chi connectivity index (χ4n) is 3.46. The Hall–Kier alpha value is -2.86. The number of benzene rings is 2. The van der Waals surface area contributed by atoms with E-state index in [1.165, 1.54) is 0 Å². The molecule has 144 valence electrons. The smallest absolute Gasteiger partial charge is 0.249 e. The number of halogens is 1. The summed E-state index contributed by atoms with van der Waals surface area (Å²) in [5.74, 6) is 1.77. The summed E-state index contributed by atoms with van der Waals surface area (Å²) in [5.41, 5.74) is 1.73. The molecule has 1 aliphatic rings. The molecular formula is C21H20ClN3O3. The van der Waals surface area contributed by atoms with Crippen molar-refractivity contribution >= 4 is 17.5 Å². The van der Waals surface area contributed by atoms with Crippen LogP contribution >= 0.6 is 11.6 Å². The molecule has 6 nitrogen and oxygen atoms in total. The maximum atomic E-state index is 12.9. The molecule has 0 saturated carbocycles. The van der Waals surface area contributed by atoms with E-state index in [0.717, 1.165) is 29.7 Å². The first kappa shape index (κ1) is 18.5. The second-order valence-electron chi connectivity index (χ2n) is 6.74. The van der Waals surface area contributed by atoms with Gasteiger partial charge < -0.3 is 14.2 Å². The Balaban J connectivity index is 1.49. The van der Waals surface area contributed by atoms with Crippen molar-refractivity contribution in [1.29, 1.82) is 0 Å². The monoisotopic (exact) mass is 397 g/mol. The molecule has 0 N–H and O–H groups in total. The lowest BCUT2D eigenvalue weighted by Gasteiger charge is -2.22. The van der Waals surface area contributed by atoms with Crippen LogP contribution in [0.3, 0.4) is 0 Å². The van der Waals surface area contributed by atoms with Crippen molar-refractivity contribution in [3.63, 3.8) is 0 Å². The zero-order valence-corrected chi connectivity index (χ0v) is 16.2. The molecule has 0 bridgehead atoms. The van der Waals surface area contributed by atoms with Crippen LogP contribution in [0.15, 0.2) is 53.1 Å². The lowest BCUT2D eigenvalue weighted by molar-refractivity contribution is -0.131. The standard InChI is InChI=1S/C21H20ClN3O3/c1-27-17-9-7-14(8-10-17)12-19(26)25-11-3-6-18(25)21-23-20(24-28-21)15-4-2-5-16(22)13-15/h2,4-5,7-10,13,18H,3,6,11-12H2,1H3. The zero-order chi connectivity index (χ0) is 19.5. The number of methoxy groups -OCH3 is 1. The minimum Gasteiger partial charge on any atom is -0.497 e. The molecule has 28 heavy (non-hydrogen) atoms. The molecule has 2 heterocycles. The molecule has 0 spiro atoms. The fraction of sp³-hybridized carbons (Fsp3) is 0.286. The van der Waals surface area contributed by atoms with Crippen LogP contribution in [0.1, 0.15) is 30.3 Å². The SMILES string of the molecule is COc1ccc(CC(=O)N2CCCC2c2nc(-c3cccc(Cl)c3)no2)cc1. The lowest BCUT2D eigenvalue weighted by atomic mass is 10.1. The van der Waals surface area contributed by atoms with Crippen LogP contribution in [0.4, 0.5) is 0 Å². The van der Waals surface area contributed by atoms with E-state index in [0.29, 0.717) is 29.7 Å². The van der Waals surface area contributed by atoms with E-state index in [9.17, 15) is 4.79 Å². The van der Waals surface area contributed by atoms with Crippen molar-refractivity contribution < 1.29 is 14.1 Å². The predicted molar refractivity (Wildman–Crippen MR) is 105 cm³/mol. The van der Waals surface area contributed by atoms with Gasteiger partial charge in [0.15, 0.2) is 0 Å². The first-order chi connectivity index (χ1) is 13.6. The summed E-state index contributed by atoms with van der Waals surface area (Å²) < 4.78 is 10.7. The molecule has 1 aromatic heterocycles. The lowest BCUT2D eigenvalue weighted by Crippen LogP contribution is -2.32. The first-order valence-corrected chi connectivity index (χ1v) is 9.54. The van der Waals surface area contributed by atoms with E-state index in [4.69, 9.17) is 20.9 Å². The van der Waals surface area contributed by atoms with Crippen molar-refractivity contribution in [1.82, 2.24) is 15.0 Å². The third-order valence-electron chi connectivity index (χ3n) is 4.90. The number of likely N-dealkylation sites (tertiary alicyclic amines) is 1. The largest absolute Gasteiger partial charge is 0.497 e. The van der Waals surface area contributed by atoms with Crippen LogP contribution in [-0.4, -0.2) is 34.6 Å². The fourth-order valence-corrected chi connectivity index (χ4v) is 3.65. The van der Waals surface area contributed by atoms with Crippen molar-refractivity contribution in [2.75, 3.05) is 13.7 Å². The second-order valence-corrected chi connectivity index (χ2v) is 7.17. The van der Waals surface area contributed by atoms with Gasteiger partial charge in [0.25, 0.3) is 0 Å². The summed E-state index contributed by atoms with van der Waals surface area (Å²) >= 11 is 6.04. The van der Waals surface area contributed by atoms with Crippen LogP contribution in [0, 0.1) is 0 Å². The van der Waals surface area contributed by atoms with Gasteiger partial charge in [-0.3, -0.25) is 4.79 Å². The van der Waals surface area contributed by atoms with Crippen molar-refractivity contribution in [2.24, 2.45) is 0 Å². The van der Waals surface area contributed by atoms with E-state index >= 15 is 0 Å². The average molecular weight is 398 g/mol. The summed E-state index contributed by atoms with van der Waals surface area (Å²) in [4.78, 5) is 19.2.